The number of carbonyl (C=O) groups is 2. The molecule has 2 aromatic rings. The molecule has 3 N–H and O–H groups in total. The molecule has 2 fully saturated rings. The Morgan fingerprint density at radius 3 is 2.50 bits per heavy atom. The Bertz CT molecular complexity index is 979. The molecule has 4 rings (SSSR count). The lowest BCUT2D eigenvalue weighted by Gasteiger charge is -2.28. The van der Waals surface area contributed by atoms with Crippen LogP contribution in [0.15, 0.2) is 48.5 Å². The minimum Gasteiger partial charge on any atom is -0.354 e. The molecule has 2 aliphatic rings. The second-order valence-corrected chi connectivity index (χ2v) is 8.72. The van der Waals surface area contributed by atoms with Gasteiger partial charge in [0.1, 0.15) is 5.82 Å². The van der Waals surface area contributed by atoms with Gasteiger partial charge in [-0.1, -0.05) is 12.5 Å². The van der Waals surface area contributed by atoms with E-state index in [0.717, 1.165) is 57.3 Å². The van der Waals surface area contributed by atoms with E-state index < -0.39 is 0 Å². The molecule has 0 atom stereocenters. The van der Waals surface area contributed by atoms with Crippen molar-refractivity contribution in [1.82, 2.24) is 20.5 Å². The van der Waals surface area contributed by atoms with Gasteiger partial charge in [-0.2, -0.15) is 0 Å². The third-order valence-corrected chi connectivity index (χ3v) is 6.19. The van der Waals surface area contributed by atoms with Crippen molar-refractivity contribution in [2.24, 2.45) is 0 Å². The monoisotopic (exact) mass is 462 g/mol. The van der Waals surface area contributed by atoms with E-state index in [1.807, 2.05) is 18.2 Å². The molecule has 8 heteroatoms. The molecule has 1 aromatic carbocycles. The fraction of sp³-hybridized carbons (Fsp3) is 0.423. The maximum Gasteiger partial charge on any atom is 0.319 e. The second-order valence-electron chi connectivity index (χ2n) is 8.72. The number of piperidine rings is 1. The highest BCUT2D eigenvalue weighted by molar-refractivity contribution is 6.07. The first-order valence-electron chi connectivity index (χ1n) is 12.2. The molecule has 8 nitrogen and oxygen atoms in total. The van der Waals surface area contributed by atoms with E-state index in [2.05, 4.69) is 30.7 Å². The van der Waals surface area contributed by atoms with Gasteiger partial charge in [0.05, 0.1) is 5.69 Å². The maximum atomic E-state index is 12.6. The Morgan fingerprint density at radius 1 is 0.971 bits per heavy atom. The lowest BCUT2D eigenvalue weighted by atomic mass is 10.1. The number of amides is 2. The number of piperazine rings is 1. The van der Waals surface area contributed by atoms with Crippen molar-refractivity contribution < 1.29 is 9.59 Å². The third kappa shape index (κ3) is 7.13. The van der Waals surface area contributed by atoms with Crippen LogP contribution in [-0.2, 0) is 0 Å². The standard InChI is InChI=1S/C26H34N6O2/c33-24(12-11-22-5-4-6-25(29-22)32-19-13-27-14-20-32)21-7-9-23(10-8-21)30-26(34)28-15-18-31-16-2-1-3-17-31/h4-12,27H,1-3,13-20H2,(H2,28,30,34)/b12-11+. The molecule has 0 spiro atoms. The molecule has 180 valence electrons. The average Bonchev–Trinajstić information content (AvgIpc) is 2.89. The lowest BCUT2D eigenvalue weighted by molar-refractivity contribution is 0.104. The highest BCUT2D eigenvalue weighted by Gasteiger charge is 2.12. The third-order valence-electron chi connectivity index (χ3n) is 6.19. The summed E-state index contributed by atoms with van der Waals surface area (Å²) in [6, 6.07) is 12.6. The Hall–Kier alpha value is -3.23. The smallest absolute Gasteiger partial charge is 0.319 e. The molecular formula is C26H34N6O2. The average molecular weight is 463 g/mol. The number of hydrogen-bond donors (Lipinski definition) is 3. The molecule has 0 saturated carbocycles. The van der Waals surface area contributed by atoms with Crippen molar-refractivity contribution in [1.29, 1.82) is 0 Å². The zero-order chi connectivity index (χ0) is 23.6. The predicted octanol–water partition coefficient (Wildman–Crippen LogP) is 2.99. The largest absolute Gasteiger partial charge is 0.354 e. The predicted molar refractivity (Wildman–Crippen MR) is 136 cm³/mol. The van der Waals surface area contributed by atoms with Crippen molar-refractivity contribution in [2.45, 2.75) is 19.3 Å². The second kappa shape index (κ2) is 12.3. The van der Waals surface area contributed by atoms with Crippen molar-refractivity contribution >= 4 is 29.4 Å². The number of allylic oxidation sites excluding steroid dienone is 1. The quantitative estimate of drug-likeness (QED) is 0.413. The number of aromatic nitrogens is 1. The Labute approximate surface area is 201 Å². The summed E-state index contributed by atoms with van der Waals surface area (Å²) < 4.78 is 0. The molecule has 0 unspecified atom stereocenters. The van der Waals surface area contributed by atoms with Crippen LogP contribution in [0, 0.1) is 0 Å². The van der Waals surface area contributed by atoms with E-state index >= 15 is 0 Å². The van der Waals surface area contributed by atoms with Gasteiger partial charge in [-0.05, 0) is 74.5 Å². The van der Waals surface area contributed by atoms with Crippen LogP contribution in [0.2, 0.25) is 0 Å². The molecular weight excluding hydrogens is 428 g/mol. The van der Waals surface area contributed by atoms with Crippen LogP contribution in [0.5, 0.6) is 0 Å². The first kappa shape index (κ1) is 23.9. The minimum absolute atomic E-state index is 0.105. The number of nitrogens with one attached hydrogen (secondary N) is 3. The van der Waals surface area contributed by atoms with Crippen LogP contribution in [-0.4, -0.2) is 74.1 Å². The van der Waals surface area contributed by atoms with Crippen molar-refractivity contribution in [3.63, 3.8) is 0 Å². The Morgan fingerprint density at radius 2 is 1.74 bits per heavy atom. The van der Waals surface area contributed by atoms with Gasteiger partial charge in [0, 0.05) is 50.5 Å². The lowest BCUT2D eigenvalue weighted by Crippen LogP contribution is -2.43. The molecule has 2 saturated heterocycles. The number of carbonyl (C=O) groups excluding carboxylic acids is 2. The van der Waals surface area contributed by atoms with Crippen molar-refractivity contribution in [3.8, 4) is 0 Å². The highest BCUT2D eigenvalue weighted by Crippen LogP contribution is 2.14. The number of pyridine rings is 1. The topological polar surface area (TPSA) is 89.6 Å². The van der Waals surface area contributed by atoms with Gasteiger partial charge in [0.15, 0.2) is 5.78 Å². The number of benzene rings is 1. The van der Waals surface area contributed by atoms with E-state index in [-0.39, 0.29) is 11.8 Å². The van der Waals surface area contributed by atoms with Gasteiger partial charge in [-0.15, -0.1) is 0 Å². The van der Waals surface area contributed by atoms with E-state index in [0.29, 0.717) is 17.8 Å². The summed E-state index contributed by atoms with van der Waals surface area (Å²) in [6.45, 7) is 7.48. The fourth-order valence-electron chi connectivity index (χ4n) is 4.26. The molecule has 2 amide bonds. The van der Waals surface area contributed by atoms with Crippen LogP contribution in [0.1, 0.15) is 35.3 Å². The van der Waals surface area contributed by atoms with Gasteiger partial charge >= 0.3 is 6.03 Å². The van der Waals surface area contributed by atoms with Gasteiger partial charge in [-0.3, -0.25) is 4.79 Å². The van der Waals surface area contributed by atoms with E-state index in [4.69, 9.17) is 0 Å². The first-order valence-corrected chi connectivity index (χ1v) is 12.2. The number of hydrogen-bond acceptors (Lipinski definition) is 6. The zero-order valence-corrected chi connectivity index (χ0v) is 19.6. The van der Waals surface area contributed by atoms with Gasteiger partial charge in [-0.25, -0.2) is 9.78 Å². The Balaban J connectivity index is 1.25. The molecule has 3 heterocycles. The first-order chi connectivity index (χ1) is 16.7. The van der Waals surface area contributed by atoms with Crippen molar-refractivity contribution in [2.75, 3.05) is 62.6 Å². The van der Waals surface area contributed by atoms with Gasteiger partial charge in [0.25, 0.3) is 0 Å². The number of anilines is 2. The summed E-state index contributed by atoms with van der Waals surface area (Å²) in [6.07, 6.45) is 7.08. The summed E-state index contributed by atoms with van der Waals surface area (Å²) in [5.41, 5.74) is 1.97. The van der Waals surface area contributed by atoms with Crippen LogP contribution in [0.4, 0.5) is 16.3 Å². The van der Waals surface area contributed by atoms with Crippen LogP contribution < -0.4 is 20.9 Å². The highest BCUT2D eigenvalue weighted by atomic mass is 16.2. The zero-order valence-electron chi connectivity index (χ0n) is 19.6. The summed E-state index contributed by atoms with van der Waals surface area (Å²) >= 11 is 0. The molecule has 0 radical (unpaired) electrons. The van der Waals surface area contributed by atoms with Crippen LogP contribution in [0.25, 0.3) is 6.08 Å². The summed E-state index contributed by atoms with van der Waals surface area (Å²) in [5, 5.41) is 9.06. The molecule has 2 aliphatic heterocycles. The number of nitrogens with zero attached hydrogens (tertiary/aromatic N) is 3. The number of likely N-dealkylation sites (tertiary alicyclic amines) is 1. The summed E-state index contributed by atoms with van der Waals surface area (Å²) in [4.78, 5) is 34.0. The van der Waals surface area contributed by atoms with Gasteiger partial charge in [0.2, 0.25) is 0 Å². The van der Waals surface area contributed by atoms with E-state index in [1.54, 1.807) is 36.4 Å². The number of urea groups is 1. The molecule has 0 bridgehead atoms. The summed E-state index contributed by atoms with van der Waals surface area (Å²) in [7, 11) is 0. The maximum absolute atomic E-state index is 12.6. The SMILES string of the molecule is O=C(NCCN1CCCCC1)Nc1ccc(C(=O)/C=C/c2cccc(N3CCNCC3)n2)cc1. The molecule has 0 aliphatic carbocycles. The fourth-order valence-corrected chi connectivity index (χ4v) is 4.26. The van der Waals surface area contributed by atoms with Gasteiger partial charge < -0.3 is 25.8 Å². The van der Waals surface area contributed by atoms with Crippen molar-refractivity contribution in [3.05, 3.63) is 59.8 Å². The van der Waals surface area contributed by atoms with E-state index in [1.165, 1.54) is 19.3 Å². The van der Waals surface area contributed by atoms with E-state index in [9.17, 15) is 9.59 Å². The van der Waals surface area contributed by atoms with Crippen LogP contribution in [0.3, 0.4) is 0 Å². The molecule has 34 heavy (non-hydrogen) atoms. The molecule has 1 aromatic heterocycles. The van der Waals surface area contributed by atoms with Crippen LogP contribution >= 0.6 is 0 Å². The normalized spacial score (nSPS) is 17.0. The Kier molecular flexibility index (Phi) is 8.65. The minimum atomic E-state index is -0.230. The number of rotatable bonds is 8. The number of ketones is 1. The summed E-state index contributed by atoms with van der Waals surface area (Å²) in [5.74, 6) is 0.827.